The van der Waals surface area contributed by atoms with Crippen LogP contribution in [-0.4, -0.2) is 24.0 Å². The van der Waals surface area contributed by atoms with Crippen molar-refractivity contribution in [3.05, 3.63) is 38.9 Å². The van der Waals surface area contributed by atoms with Gasteiger partial charge in [0.05, 0.1) is 12.0 Å². The van der Waals surface area contributed by atoms with E-state index in [-0.39, 0.29) is 12.2 Å². The fraction of sp³-hybridized carbons (Fsp3) is 0.364. The Morgan fingerprint density at radius 2 is 2.28 bits per heavy atom. The molecule has 0 amide bonds. The first-order valence-corrected chi connectivity index (χ1v) is 5.57. The number of ether oxygens (including phenoxy) is 1. The number of hydrogen-bond acceptors (Lipinski definition) is 5. The van der Waals surface area contributed by atoms with Gasteiger partial charge in [0, 0.05) is 23.7 Å². The molecule has 0 radical (unpaired) electrons. The van der Waals surface area contributed by atoms with Crippen LogP contribution in [0.1, 0.15) is 12.5 Å². The molecule has 7 heteroatoms. The highest BCUT2D eigenvalue weighted by molar-refractivity contribution is 6.31. The Morgan fingerprint density at radius 3 is 2.83 bits per heavy atom. The summed E-state index contributed by atoms with van der Waals surface area (Å²) >= 11 is 5.92. The summed E-state index contributed by atoms with van der Waals surface area (Å²) in [6.07, 6.45) is 0. The Labute approximate surface area is 109 Å². The van der Waals surface area contributed by atoms with Gasteiger partial charge in [0.2, 0.25) is 0 Å². The van der Waals surface area contributed by atoms with Crippen LogP contribution in [0.3, 0.4) is 0 Å². The fourth-order valence-electron chi connectivity index (χ4n) is 1.33. The Hall–Kier alpha value is -1.66. The maximum atomic E-state index is 11.2. The van der Waals surface area contributed by atoms with Gasteiger partial charge in [-0.25, -0.2) is 0 Å². The monoisotopic (exact) mass is 272 g/mol. The number of methoxy groups -OCH3 is 1. The van der Waals surface area contributed by atoms with E-state index in [0.29, 0.717) is 10.6 Å². The second kappa shape index (κ2) is 6.32. The zero-order valence-electron chi connectivity index (χ0n) is 9.97. The number of benzene rings is 1. The summed E-state index contributed by atoms with van der Waals surface area (Å²) in [4.78, 5) is 21.3. The molecule has 1 aromatic rings. The number of nitrogens with one attached hydrogen (secondary N) is 1. The van der Waals surface area contributed by atoms with Crippen LogP contribution in [0.5, 0.6) is 0 Å². The third-order valence-electron chi connectivity index (χ3n) is 2.39. The van der Waals surface area contributed by atoms with Crippen molar-refractivity contribution in [3.63, 3.8) is 0 Å². The lowest BCUT2D eigenvalue weighted by Crippen LogP contribution is -2.34. The lowest BCUT2D eigenvalue weighted by molar-refractivity contribution is -0.384. The number of hydrogen-bond donors (Lipinski definition) is 1. The minimum Gasteiger partial charge on any atom is -0.468 e. The summed E-state index contributed by atoms with van der Waals surface area (Å²) in [5, 5.41) is 13.9. The van der Waals surface area contributed by atoms with Crippen molar-refractivity contribution in [2.24, 2.45) is 0 Å². The number of non-ortho nitro benzene ring substituents is 1. The Kier molecular flexibility index (Phi) is 5.06. The van der Waals surface area contributed by atoms with Crippen molar-refractivity contribution >= 4 is 23.3 Å². The highest BCUT2D eigenvalue weighted by Gasteiger charge is 2.14. The molecular weight excluding hydrogens is 260 g/mol. The molecule has 1 atom stereocenters. The Bertz CT molecular complexity index is 464. The van der Waals surface area contributed by atoms with Crippen molar-refractivity contribution in [1.29, 1.82) is 0 Å². The van der Waals surface area contributed by atoms with Gasteiger partial charge >= 0.3 is 5.97 Å². The maximum Gasteiger partial charge on any atom is 0.322 e. The molecule has 1 N–H and O–H groups in total. The molecule has 1 unspecified atom stereocenters. The zero-order chi connectivity index (χ0) is 13.7. The van der Waals surface area contributed by atoms with Crippen molar-refractivity contribution in [2.75, 3.05) is 7.11 Å². The van der Waals surface area contributed by atoms with Gasteiger partial charge in [0.15, 0.2) is 0 Å². The van der Waals surface area contributed by atoms with Crippen LogP contribution in [-0.2, 0) is 16.1 Å². The smallest absolute Gasteiger partial charge is 0.322 e. The molecule has 0 fully saturated rings. The molecule has 6 nitrogen and oxygen atoms in total. The van der Waals surface area contributed by atoms with Crippen LogP contribution in [0.25, 0.3) is 0 Å². The van der Waals surface area contributed by atoms with Gasteiger partial charge in [-0.15, -0.1) is 0 Å². The van der Waals surface area contributed by atoms with E-state index >= 15 is 0 Å². The summed E-state index contributed by atoms with van der Waals surface area (Å²) in [6, 6.07) is 3.65. The van der Waals surface area contributed by atoms with Crippen molar-refractivity contribution in [3.8, 4) is 0 Å². The molecule has 0 spiro atoms. The maximum absolute atomic E-state index is 11.2. The molecule has 0 aliphatic rings. The van der Waals surface area contributed by atoms with E-state index in [2.05, 4.69) is 10.1 Å². The van der Waals surface area contributed by atoms with Gasteiger partial charge in [-0.05, 0) is 18.6 Å². The van der Waals surface area contributed by atoms with Gasteiger partial charge in [-0.1, -0.05) is 11.6 Å². The number of nitrogens with zero attached hydrogens (tertiary/aromatic N) is 1. The average Bonchev–Trinajstić information content (AvgIpc) is 2.36. The van der Waals surface area contributed by atoms with Crippen molar-refractivity contribution in [2.45, 2.75) is 19.5 Å². The van der Waals surface area contributed by atoms with Gasteiger partial charge in [-0.2, -0.15) is 0 Å². The van der Waals surface area contributed by atoms with Crippen LogP contribution >= 0.6 is 11.6 Å². The first kappa shape index (κ1) is 14.4. The largest absolute Gasteiger partial charge is 0.468 e. The summed E-state index contributed by atoms with van der Waals surface area (Å²) < 4.78 is 4.55. The lowest BCUT2D eigenvalue weighted by Gasteiger charge is -2.12. The SMILES string of the molecule is COC(=O)C(C)NCc1cc([N+](=O)[O-])ccc1Cl. The first-order valence-electron chi connectivity index (χ1n) is 5.19. The second-order valence-corrected chi connectivity index (χ2v) is 4.07. The first-order chi connectivity index (χ1) is 8.45. The molecule has 0 aromatic heterocycles. The van der Waals surface area contributed by atoms with Gasteiger partial charge < -0.3 is 10.1 Å². The molecule has 0 heterocycles. The molecule has 98 valence electrons. The number of nitro groups is 1. The normalized spacial score (nSPS) is 11.9. The molecule has 18 heavy (non-hydrogen) atoms. The van der Waals surface area contributed by atoms with E-state index in [1.165, 1.54) is 25.3 Å². The highest BCUT2D eigenvalue weighted by Crippen LogP contribution is 2.21. The zero-order valence-corrected chi connectivity index (χ0v) is 10.7. The van der Waals surface area contributed by atoms with Crippen LogP contribution < -0.4 is 5.32 Å². The number of rotatable bonds is 5. The molecular formula is C11H13ClN2O4. The topological polar surface area (TPSA) is 81.5 Å². The Balaban J connectivity index is 2.75. The number of esters is 1. The number of carbonyl (C=O) groups is 1. The number of halogens is 1. The third-order valence-corrected chi connectivity index (χ3v) is 2.76. The van der Waals surface area contributed by atoms with Crippen LogP contribution in [0.4, 0.5) is 5.69 Å². The predicted octanol–water partition coefficient (Wildman–Crippen LogP) is 1.90. The van der Waals surface area contributed by atoms with Gasteiger partial charge in [-0.3, -0.25) is 14.9 Å². The quantitative estimate of drug-likeness (QED) is 0.503. The molecule has 1 aromatic carbocycles. The molecule has 0 aliphatic carbocycles. The molecule has 1 rings (SSSR count). The van der Waals surface area contributed by atoms with E-state index < -0.39 is 16.9 Å². The highest BCUT2D eigenvalue weighted by atomic mass is 35.5. The van der Waals surface area contributed by atoms with E-state index in [0.717, 1.165) is 0 Å². The minimum absolute atomic E-state index is 0.0399. The molecule has 0 saturated carbocycles. The number of carbonyl (C=O) groups excluding carboxylic acids is 1. The van der Waals surface area contributed by atoms with E-state index in [1.807, 2.05) is 0 Å². The second-order valence-electron chi connectivity index (χ2n) is 3.66. The predicted molar refractivity (Wildman–Crippen MR) is 66.4 cm³/mol. The summed E-state index contributed by atoms with van der Waals surface area (Å²) in [5.41, 5.74) is 0.517. The molecule has 0 saturated heterocycles. The summed E-state index contributed by atoms with van der Waals surface area (Å²) in [6.45, 7) is 1.88. The van der Waals surface area contributed by atoms with E-state index in [9.17, 15) is 14.9 Å². The molecule has 0 bridgehead atoms. The van der Waals surface area contributed by atoms with Gasteiger partial charge in [0.25, 0.3) is 5.69 Å². The minimum atomic E-state index is -0.509. The Morgan fingerprint density at radius 1 is 1.61 bits per heavy atom. The van der Waals surface area contributed by atoms with Crippen molar-refractivity contribution in [1.82, 2.24) is 5.32 Å². The van der Waals surface area contributed by atoms with Gasteiger partial charge in [0.1, 0.15) is 6.04 Å². The van der Waals surface area contributed by atoms with Crippen LogP contribution in [0.15, 0.2) is 18.2 Å². The third kappa shape index (κ3) is 3.68. The van der Waals surface area contributed by atoms with Crippen LogP contribution in [0.2, 0.25) is 5.02 Å². The van der Waals surface area contributed by atoms with E-state index in [4.69, 9.17) is 11.6 Å². The lowest BCUT2D eigenvalue weighted by atomic mass is 10.2. The summed E-state index contributed by atoms with van der Waals surface area (Å²) in [7, 11) is 1.29. The summed E-state index contributed by atoms with van der Waals surface area (Å²) in [5.74, 6) is -0.406. The molecule has 0 aliphatic heterocycles. The standard InChI is InChI=1S/C11H13ClN2O4/c1-7(11(15)18-2)13-6-8-5-9(14(16)17)3-4-10(8)12/h3-5,7,13H,6H2,1-2H3. The van der Waals surface area contributed by atoms with Crippen molar-refractivity contribution < 1.29 is 14.5 Å². The number of nitro benzene ring substituents is 1. The van der Waals surface area contributed by atoms with Crippen LogP contribution in [0, 0.1) is 10.1 Å². The average molecular weight is 273 g/mol. The fourth-order valence-corrected chi connectivity index (χ4v) is 1.52. The van der Waals surface area contributed by atoms with E-state index in [1.54, 1.807) is 6.92 Å².